The molecule has 272 valence electrons. The molecule has 5 fully saturated rings. The highest BCUT2D eigenvalue weighted by atomic mass is 16.5. The van der Waals surface area contributed by atoms with E-state index in [0.29, 0.717) is 41.5 Å². The van der Waals surface area contributed by atoms with Crippen LogP contribution in [-0.4, -0.2) is 84.6 Å². The molecule has 3 N–H and O–H groups in total. The van der Waals surface area contributed by atoms with Crippen LogP contribution >= 0.6 is 0 Å². The molecular weight excluding hydrogens is 610 g/mol. The molecule has 0 radical (unpaired) electrons. The van der Waals surface area contributed by atoms with E-state index in [2.05, 4.69) is 34.7 Å². The van der Waals surface area contributed by atoms with Crippen LogP contribution in [0.5, 0.6) is 5.75 Å². The fourth-order valence-electron chi connectivity index (χ4n) is 10.4. The molecule has 8 heteroatoms. The van der Waals surface area contributed by atoms with Gasteiger partial charge in [-0.15, -0.1) is 0 Å². The van der Waals surface area contributed by atoms with Gasteiger partial charge in [-0.2, -0.15) is 0 Å². The molecule has 8 nitrogen and oxygen atoms in total. The Morgan fingerprint density at radius 1 is 0.857 bits per heavy atom. The molecule has 0 bridgehead atoms. The second-order valence-corrected chi connectivity index (χ2v) is 17.2. The highest BCUT2D eigenvalue weighted by Gasteiger charge is 2.51. The number of anilines is 1. The number of nitrogens with zero attached hydrogens (tertiary/aromatic N) is 2. The van der Waals surface area contributed by atoms with Crippen LogP contribution in [0, 0.1) is 23.7 Å². The van der Waals surface area contributed by atoms with Gasteiger partial charge in [0.05, 0.1) is 17.8 Å². The summed E-state index contributed by atoms with van der Waals surface area (Å²) >= 11 is 0. The van der Waals surface area contributed by atoms with E-state index in [1.54, 1.807) is 0 Å². The molecular formula is C41H65N5O3. The molecule has 4 aliphatic heterocycles. The topological polar surface area (TPSA) is 85.9 Å². The normalized spacial score (nSPS) is 30.8. The van der Waals surface area contributed by atoms with Crippen molar-refractivity contribution in [2.75, 3.05) is 44.6 Å². The van der Waals surface area contributed by atoms with Crippen molar-refractivity contribution >= 4 is 17.5 Å². The summed E-state index contributed by atoms with van der Waals surface area (Å²) in [7, 11) is 0. The van der Waals surface area contributed by atoms with Gasteiger partial charge in [-0.3, -0.25) is 14.5 Å². The lowest BCUT2D eigenvalue weighted by atomic mass is 9.79. The number of hydrogen-bond acceptors (Lipinski definition) is 6. The van der Waals surface area contributed by atoms with Crippen LogP contribution in [0.1, 0.15) is 133 Å². The van der Waals surface area contributed by atoms with Crippen molar-refractivity contribution in [2.24, 2.45) is 23.7 Å². The largest absolute Gasteiger partial charge is 0.480 e. The van der Waals surface area contributed by atoms with Gasteiger partial charge in [0.15, 0.2) is 11.4 Å². The van der Waals surface area contributed by atoms with Gasteiger partial charge in [-0.1, -0.05) is 76.7 Å². The summed E-state index contributed by atoms with van der Waals surface area (Å²) in [6, 6.07) is 6.71. The van der Waals surface area contributed by atoms with Crippen molar-refractivity contribution in [3.05, 3.63) is 23.8 Å². The lowest BCUT2D eigenvalue weighted by Crippen LogP contribution is -2.70. The summed E-state index contributed by atoms with van der Waals surface area (Å²) < 4.78 is 6.97. The van der Waals surface area contributed by atoms with Crippen LogP contribution in [0.2, 0.25) is 0 Å². The highest BCUT2D eigenvalue weighted by molar-refractivity contribution is 6.02. The first-order chi connectivity index (χ1) is 23.9. The van der Waals surface area contributed by atoms with E-state index < -0.39 is 5.60 Å². The molecule has 4 heterocycles. The van der Waals surface area contributed by atoms with Crippen molar-refractivity contribution < 1.29 is 14.3 Å². The van der Waals surface area contributed by atoms with Crippen molar-refractivity contribution in [1.82, 2.24) is 20.4 Å². The molecule has 1 spiro atoms. The lowest BCUT2D eigenvalue weighted by Gasteiger charge is -2.52. The Bertz CT molecular complexity index is 1260. The van der Waals surface area contributed by atoms with Crippen LogP contribution in [-0.2, 0) is 4.79 Å². The molecule has 6 aliphatic rings. The van der Waals surface area contributed by atoms with E-state index in [0.717, 1.165) is 57.4 Å². The Kier molecular flexibility index (Phi) is 11.5. The smallest absolute Gasteiger partial charge is 0.258 e. The monoisotopic (exact) mass is 676 g/mol. The second-order valence-electron chi connectivity index (χ2n) is 17.2. The summed E-state index contributed by atoms with van der Waals surface area (Å²) in [5.74, 6) is 3.04. The molecule has 2 saturated carbocycles. The average molecular weight is 676 g/mol. The SMILES string of the molecule is CC(C)N1CC2(CN(CC3CCC(C4CCCCCC4)CN3)C2)Oc2c(NC(=O)C3CCNC(C4CCCCCCC4)C3)cccc2C1=O. The molecule has 7 rings (SSSR count). The number of rotatable bonds is 7. The summed E-state index contributed by atoms with van der Waals surface area (Å²) in [6.07, 6.45) is 22.1. The van der Waals surface area contributed by atoms with Crippen molar-refractivity contribution in [2.45, 2.75) is 147 Å². The fraction of sp³-hybridized carbons (Fsp3) is 0.805. The number of fused-ring (bicyclic) bond motifs is 1. The first-order valence-electron chi connectivity index (χ1n) is 20.5. The Morgan fingerprint density at radius 3 is 2.22 bits per heavy atom. The zero-order valence-corrected chi connectivity index (χ0v) is 30.7. The number of hydrogen-bond donors (Lipinski definition) is 3. The molecule has 1 aromatic rings. The quantitative estimate of drug-likeness (QED) is 0.270. The molecule has 0 aromatic heterocycles. The van der Waals surface area contributed by atoms with Gasteiger partial charge >= 0.3 is 0 Å². The molecule has 4 atom stereocenters. The van der Waals surface area contributed by atoms with Gasteiger partial charge < -0.3 is 25.6 Å². The second kappa shape index (κ2) is 16.0. The fourth-order valence-corrected chi connectivity index (χ4v) is 10.4. The summed E-state index contributed by atoms with van der Waals surface area (Å²) in [5.41, 5.74) is 0.749. The first-order valence-corrected chi connectivity index (χ1v) is 20.5. The number of carbonyl (C=O) groups excluding carboxylic acids is 2. The van der Waals surface area contributed by atoms with Crippen LogP contribution in [0.25, 0.3) is 0 Å². The summed E-state index contributed by atoms with van der Waals surface area (Å²) in [4.78, 5) is 32.4. The van der Waals surface area contributed by atoms with Gasteiger partial charge in [-0.05, 0) is 95.3 Å². The number of nitrogens with one attached hydrogen (secondary N) is 3. The minimum absolute atomic E-state index is 0.00105. The van der Waals surface area contributed by atoms with E-state index >= 15 is 0 Å². The molecule has 1 aromatic carbocycles. The minimum Gasteiger partial charge on any atom is -0.480 e. The van der Waals surface area contributed by atoms with Crippen molar-refractivity contribution in [3.63, 3.8) is 0 Å². The summed E-state index contributed by atoms with van der Waals surface area (Å²) in [6.45, 7) is 9.44. The van der Waals surface area contributed by atoms with Crippen LogP contribution in [0.3, 0.4) is 0 Å². The first kappa shape index (κ1) is 35.3. The standard InChI is InChI=1S/C41H65N5O3/c1-29(2)46-28-41(26-45(27-41)25-34-20-19-33(24-43-34)30-13-8-6-7-9-14-30)49-38-35(40(46)48)17-12-18-36(38)44-39(47)32-21-22-42-37(23-32)31-15-10-4-3-5-11-16-31/h12,17-18,29-34,37,42-43H,3-11,13-16,19-28H2,1-2H3,(H,44,47). The van der Waals surface area contributed by atoms with Gasteiger partial charge in [-0.25, -0.2) is 0 Å². The zero-order valence-electron chi connectivity index (χ0n) is 30.7. The zero-order chi connectivity index (χ0) is 33.8. The number of ether oxygens (including phenoxy) is 1. The number of amides is 2. The minimum atomic E-state index is -0.471. The van der Waals surface area contributed by atoms with Crippen LogP contribution < -0.4 is 20.7 Å². The van der Waals surface area contributed by atoms with Crippen LogP contribution in [0.4, 0.5) is 5.69 Å². The Balaban J connectivity index is 0.995. The van der Waals surface area contributed by atoms with Crippen LogP contribution in [0.15, 0.2) is 18.2 Å². The Morgan fingerprint density at radius 2 is 1.55 bits per heavy atom. The predicted molar refractivity (Wildman–Crippen MR) is 197 cm³/mol. The average Bonchev–Trinajstić information content (AvgIpc) is 3.43. The van der Waals surface area contributed by atoms with Crippen molar-refractivity contribution in [1.29, 1.82) is 0 Å². The van der Waals surface area contributed by atoms with E-state index in [4.69, 9.17) is 4.74 Å². The third kappa shape index (κ3) is 8.33. The maximum atomic E-state index is 14.0. The van der Waals surface area contributed by atoms with Crippen molar-refractivity contribution in [3.8, 4) is 5.75 Å². The third-order valence-electron chi connectivity index (χ3n) is 13.3. The van der Waals surface area contributed by atoms with Gasteiger partial charge in [0, 0.05) is 43.7 Å². The molecule has 3 saturated heterocycles. The Labute approximate surface area is 296 Å². The number of carbonyl (C=O) groups is 2. The molecule has 49 heavy (non-hydrogen) atoms. The number of para-hydroxylation sites is 1. The van der Waals surface area contributed by atoms with Gasteiger partial charge in [0.2, 0.25) is 5.91 Å². The summed E-state index contributed by atoms with van der Waals surface area (Å²) in [5, 5.41) is 11.0. The van der Waals surface area contributed by atoms with E-state index in [-0.39, 0.29) is 23.8 Å². The number of piperidine rings is 2. The predicted octanol–water partition coefficient (Wildman–Crippen LogP) is 6.99. The van der Waals surface area contributed by atoms with E-state index in [9.17, 15) is 9.59 Å². The highest BCUT2D eigenvalue weighted by Crippen LogP contribution is 2.41. The maximum absolute atomic E-state index is 14.0. The van der Waals surface area contributed by atoms with Gasteiger partial charge in [0.25, 0.3) is 5.91 Å². The third-order valence-corrected chi connectivity index (χ3v) is 13.3. The molecule has 2 aliphatic carbocycles. The number of likely N-dealkylation sites (tertiary alicyclic amines) is 1. The van der Waals surface area contributed by atoms with E-state index in [1.807, 2.05) is 23.1 Å². The van der Waals surface area contributed by atoms with E-state index in [1.165, 1.54) is 96.3 Å². The molecule has 4 unspecified atom stereocenters. The maximum Gasteiger partial charge on any atom is 0.258 e. The Hall–Kier alpha value is -2.16. The lowest BCUT2D eigenvalue weighted by molar-refractivity contribution is -0.121. The molecule has 2 amide bonds. The number of benzene rings is 1. The van der Waals surface area contributed by atoms with Gasteiger partial charge in [0.1, 0.15) is 0 Å².